The van der Waals surface area contributed by atoms with E-state index < -0.39 is 0 Å². The molecule has 0 amide bonds. The highest BCUT2D eigenvalue weighted by Crippen LogP contribution is 2.20. The van der Waals surface area contributed by atoms with Gasteiger partial charge in [0.25, 0.3) is 0 Å². The van der Waals surface area contributed by atoms with Gasteiger partial charge in [-0.3, -0.25) is 0 Å². The van der Waals surface area contributed by atoms with Crippen LogP contribution in [0.4, 0.5) is 0 Å². The van der Waals surface area contributed by atoms with Crippen LogP contribution in [0, 0.1) is 6.92 Å². The Morgan fingerprint density at radius 3 is 2.90 bits per heavy atom. The van der Waals surface area contributed by atoms with Gasteiger partial charge in [-0.1, -0.05) is 12.1 Å². The van der Waals surface area contributed by atoms with Crippen LogP contribution in [0.1, 0.15) is 16.3 Å². The van der Waals surface area contributed by atoms with Gasteiger partial charge < -0.3 is 4.57 Å². The summed E-state index contributed by atoms with van der Waals surface area (Å²) in [5.41, 5.74) is 3.57. The maximum absolute atomic E-state index is 5.92. The summed E-state index contributed by atoms with van der Waals surface area (Å²) >= 11 is 7.73. The highest BCUT2D eigenvalue weighted by atomic mass is 35.5. The molecule has 0 atom stereocenters. The Hall–Kier alpha value is -1.32. The van der Waals surface area contributed by atoms with Crippen molar-refractivity contribution >= 4 is 34.0 Å². The van der Waals surface area contributed by atoms with Crippen molar-refractivity contribution in [1.82, 2.24) is 9.55 Å². The van der Waals surface area contributed by atoms with Crippen molar-refractivity contribution in [3.8, 4) is 0 Å². The fourth-order valence-electron chi connectivity index (χ4n) is 2.48. The first-order valence-electron chi connectivity index (χ1n) is 6.82. The highest BCUT2D eigenvalue weighted by molar-refractivity contribution is 7.09. The van der Waals surface area contributed by atoms with Gasteiger partial charge >= 0.3 is 0 Å². The Balaban J connectivity index is 1.96. The second kappa shape index (κ2) is 5.98. The molecule has 0 fully saturated rings. The minimum atomic E-state index is 0.612. The standard InChI is InChI=1S/C16H17ClN2S/c1-12-4-5-14-15(11-12)19(16(18-14)6-8-17)9-7-13-3-2-10-20-13/h2-5,10-11H,6-9H2,1H3. The summed E-state index contributed by atoms with van der Waals surface area (Å²) in [4.78, 5) is 6.14. The SMILES string of the molecule is Cc1ccc2nc(CCCl)n(CCc3cccs3)c2c1. The smallest absolute Gasteiger partial charge is 0.111 e. The number of benzene rings is 1. The summed E-state index contributed by atoms with van der Waals surface area (Å²) in [7, 11) is 0. The van der Waals surface area contributed by atoms with Gasteiger partial charge in [0.05, 0.1) is 11.0 Å². The van der Waals surface area contributed by atoms with Crippen molar-refractivity contribution in [3.63, 3.8) is 0 Å². The number of nitrogens with zero attached hydrogens (tertiary/aromatic N) is 2. The lowest BCUT2D eigenvalue weighted by atomic mass is 10.2. The van der Waals surface area contributed by atoms with E-state index in [2.05, 4.69) is 47.2 Å². The molecule has 3 aromatic rings. The first-order valence-corrected chi connectivity index (χ1v) is 8.23. The fraction of sp³-hybridized carbons (Fsp3) is 0.312. The fourth-order valence-corrected chi connectivity index (χ4v) is 3.35. The molecule has 104 valence electrons. The minimum absolute atomic E-state index is 0.612. The number of halogens is 1. The van der Waals surface area contributed by atoms with E-state index in [0.29, 0.717) is 5.88 Å². The van der Waals surface area contributed by atoms with Crippen molar-refractivity contribution in [3.05, 3.63) is 52.0 Å². The lowest BCUT2D eigenvalue weighted by Gasteiger charge is -2.08. The predicted octanol–water partition coefficient (Wildman–Crippen LogP) is 4.43. The molecule has 2 nitrogen and oxygen atoms in total. The number of rotatable bonds is 5. The Kier molecular flexibility index (Phi) is 4.08. The second-order valence-corrected chi connectivity index (χ2v) is 6.35. The molecule has 0 aliphatic rings. The molecule has 1 aromatic carbocycles. The van der Waals surface area contributed by atoms with Crippen LogP contribution < -0.4 is 0 Å². The van der Waals surface area contributed by atoms with Gasteiger partial charge in [-0.2, -0.15) is 0 Å². The van der Waals surface area contributed by atoms with Crippen LogP contribution in [0.15, 0.2) is 35.7 Å². The third-order valence-corrected chi connectivity index (χ3v) is 4.59. The van der Waals surface area contributed by atoms with E-state index in [4.69, 9.17) is 16.6 Å². The molecule has 0 unspecified atom stereocenters. The predicted molar refractivity (Wildman–Crippen MR) is 86.9 cm³/mol. The molecular weight excluding hydrogens is 288 g/mol. The molecule has 0 saturated carbocycles. The first kappa shape index (κ1) is 13.7. The number of thiophene rings is 1. The minimum Gasteiger partial charge on any atom is -0.328 e. The van der Waals surface area contributed by atoms with Crippen LogP contribution >= 0.6 is 22.9 Å². The van der Waals surface area contributed by atoms with Crippen molar-refractivity contribution in [2.75, 3.05) is 5.88 Å². The van der Waals surface area contributed by atoms with E-state index in [0.717, 1.165) is 30.7 Å². The number of imidazole rings is 1. The average molecular weight is 305 g/mol. The molecule has 0 saturated heterocycles. The molecule has 0 aliphatic carbocycles. The number of aryl methyl sites for hydroxylation is 4. The summed E-state index contributed by atoms with van der Waals surface area (Å²) in [5.74, 6) is 1.71. The van der Waals surface area contributed by atoms with Crippen LogP contribution in [-0.4, -0.2) is 15.4 Å². The van der Waals surface area contributed by atoms with Crippen LogP contribution in [0.5, 0.6) is 0 Å². The molecule has 0 N–H and O–H groups in total. The zero-order valence-corrected chi connectivity index (χ0v) is 13.0. The van der Waals surface area contributed by atoms with Crippen molar-refractivity contribution in [2.45, 2.75) is 26.3 Å². The zero-order chi connectivity index (χ0) is 13.9. The van der Waals surface area contributed by atoms with E-state index >= 15 is 0 Å². The Labute approximate surface area is 128 Å². The number of alkyl halides is 1. The molecule has 0 radical (unpaired) electrons. The second-order valence-electron chi connectivity index (χ2n) is 4.94. The molecule has 3 rings (SSSR count). The van der Waals surface area contributed by atoms with Crippen molar-refractivity contribution < 1.29 is 0 Å². The van der Waals surface area contributed by atoms with E-state index in [1.165, 1.54) is 16.0 Å². The molecule has 2 aromatic heterocycles. The molecule has 0 spiro atoms. The van der Waals surface area contributed by atoms with Crippen LogP contribution in [-0.2, 0) is 19.4 Å². The monoisotopic (exact) mass is 304 g/mol. The van der Waals surface area contributed by atoms with Crippen molar-refractivity contribution in [2.24, 2.45) is 0 Å². The summed E-state index contributed by atoms with van der Waals surface area (Å²) in [5, 5.41) is 2.13. The molecule has 2 heterocycles. The van der Waals surface area contributed by atoms with Crippen LogP contribution in [0.25, 0.3) is 11.0 Å². The summed E-state index contributed by atoms with van der Waals surface area (Å²) in [6, 6.07) is 10.7. The average Bonchev–Trinajstić information content (AvgIpc) is 3.04. The van der Waals surface area contributed by atoms with Crippen LogP contribution in [0.2, 0.25) is 0 Å². The summed E-state index contributed by atoms with van der Waals surface area (Å²) < 4.78 is 2.32. The number of hydrogen-bond acceptors (Lipinski definition) is 2. The van der Waals surface area contributed by atoms with Gasteiger partial charge in [-0.25, -0.2) is 4.98 Å². The Bertz CT molecular complexity index is 701. The third-order valence-electron chi connectivity index (χ3n) is 3.46. The Morgan fingerprint density at radius 2 is 2.15 bits per heavy atom. The maximum Gasteiger partial charge on any atom is 0.111 e. The van der Waals surface area contributed by atoms with E-state index in [1.54, 1.807) is 0 Å². The topological polar surface area (TPSA) is 17.8 Å². The summed E-state index contributed by atoms with van der Waals surface area (Å²) in [6.07, 6.45) is 1.87. The largest absolute Gasteiger partial charge is 0.328 e. The lowest BCUT2D eigenvalue weighted by Crippen LogP contribution is -2.06. The molecule has 4 heteroatoms. The van der Waals surface area contributed by atoms with E-state index in [1.807, 2.05) is 11.3 Å². The normalized spacial score (nSPS) is 11.3. The lowest BCUT2D eigenvalue weighted by molar-refractivity contribution is 0.679. The molecule has 0 bridgehead atoms. The van der Waals surface area contributed by atoms with Crippen LogP contribution in [0.3, 0.4) is 0 Å². The van der Waals surface area contributed by atoms with E-state index in [9.17, 15) is 0 Å². The molecular formula is C16H17ClN2S. The van der Waals surface area contributed by atoms with Gasteiger partial charge in [0.2, 0.25) is 0 Å². The summed E-state index contributed by atoms with van der Waals surface area (Å²) in [6.45, 7) is 3.09. The first-order chi connectivity index (χ1) is 9.78. The molecule has 20 heavy (non-hydrogen) atoms. The number of fused-ring (bicyclic) bond motifs is 1. The van der Waals surface area contributed by atoms with Gasteiger partial charge in [0, 0.05) is 23.7 Å². The number of hydrogen-bond donors (Lipinski definition) is 0. The Morgan fingerprint density at radius 1 is 1.25 bits per heavy atom. The quantitative estimate of drug-likeness (QED) is 0.638. The van der Waals surface area contributed by atoms with Gasteiger partial charge in [-0.05, 0) is 42.5 Å². The van der Waals surface area contributed by atoms with Gasteiger partial charge in [-0.15, -0.1) is 22.9 Å². The maximum atomic E-state index is 5.92. The molecule has 0 aliphatic heterocycles. The van der Waals surface area contributed by atoms with Gasteiger partial charge in [0.1, 0.15) is 5.82 Å². The third kappa shape index (κ3) is 2.74. The van der Waals surface area contributed by atoms with E-state index in [-0.39, 0.29) is 0 Å². The van der Waals surface area contributed by atoms with Gasteiger partial charge in [0.15, 0.2) is 0 Å². The zero-order valence-electron chi connectivity index (χ0n) is 11.5. The van der Waals surface area contributed by atoms with Crippen molar-refractivity contribution in [1.29, 1.82) is 0 Å². The number of aromatic nitrogens is 2. The highest BCUT2D eigenvalue weighted by Gasteiger charge is 2.10.